The lowest BCUT2D eigenvalue weighted by Gasteiger charge is -2.15. The lowest BCUT2D eigenvalue weighted by molar-refractivity contribution is -0.120. The van der Waals surface area contributed by atoms with E-state index >= 15 is 0 Å². The van der Waals surface area contributed by atoms with E-state index in [-0.39, 0.29) is 23.4 Å². The molecule has 13 heteroatoms. The van der Waals surface area contributed by atoms with Crippen LogP contribution in [0.25, 0.3) is 39.2 Å². The zero-order valence-corrected chi connectivity index (χ0v) is 29.2. The molecule has 6 rings (SSSR count). The van der Waals surface area contributed by atoms with Gasteiger partial charge in [-0.3, -0.25) is 18.8 Å². The van der Waals surface area contributed by atoms with Crippen molar-refractivity contribution in [1.82, 2.24) is 35.6 Å². The first-order valence-corrected chi connectivity index (χ1v) is 17.1. The lowest BCUT2D eigenvalue weighted by Crippen LogP contribution is -2.36. The van der Waals surface area contributed by atoms with Gasteiger partial charge in [-0.15, -0.1) is 0 Å². The summed E-state index contributed by atoms with van der Waals surface area (Å²) in [6.07, 6.45) is 4.62. The van der Waals surface area contributed by atoms with Crippen LogP contribution >= 0.6 is 23.2 Å². The molecule has 50 heavy (non-hydrogen) atoms. The van der Waals surface area contributed by atoms with Gasteiger partial charge in [0.1, 0.15) is 5.65 Å². The SMILES string of the molecule is COc1nc(-c2cccc(-c3cccc(-c4ccn5c(=O)c(CNCC6CCC(=O)N6)cnc5c4)c3Cl)c2Cl)ccc1CNCCNC(C)=O. The summed E-state index contributed by atoms with van der Waals surface area (Å²) in [5.41, 5.74) is 6.16. The molecule has 1 unspecified atom stereocenters. The second-order valence-electron chi connectivity index (χ2n) is 12.0. The van der Waals surface area contributed by atoms with Gasteiger partial charge in [-0.1, -0.05) is 65.7 Å². The van der Waals surface area contributed by atoms with Gasteiger partial charge in [0, 0.05) is 97.9 Å². The summed E-state index contributed by atoms with van der Waals surface area (Å²) in [5, 5.41) is 13.2. The van der Waals surface area contributed by atoms with E-state index in [9.17, 15) is 14.4 Å². The molecule has 1 saturated heterocycles. The zero-order valence-electron chi connectivity index (χ0n) is 27.7. The van der Waals surface area contributed by atoms with Gasteiger partial charge in [0.15, 0.2) is 0 Å². The average molecular weight is 715 g/mol. The molecule has 4 heterocycles. The molecule has 2 amide bonds. The molecule has 4 N–H and O–H groups in total. The molecule has 1 fully saturated rings. The predicted molar refractivity (Wildman–Crippen MR) is 195 cm³/mol. The Labute approximate surface area is 299 Å². The van der Waals surface area contributed by atoms with Gasteiger partial charge in [0.2, 0.25) is 17.7 Å². The number of pyridine rings is 2. The minimum absolute atomic E-state index is 0.0596. The van der Waals surface area contributed by atoms with Crippen molar-refractivity contribution >= 4 is 40.7 Å². The standard InChI is InChI=1S/C37H37Cl2N7O4/c1-22(47)42-15-14-40-18-24-9-11-31(45-36(24)50-2)30-8-4-7-29(35(30)39)28-6-3-5-27(34(28)38)23-13-16-46-32(17-23)43-20-25(37(46)49)19-41-21-26-10-12-33(48)44-26/h3-9,11,13,16-17,20,26,40-41H,10,12,14-15,18-19,21H2,1-2H3,(H,42,47)(H,44,48). The molecule has 0 saturated carbocycles. The number of ether oxygens (including phenoxy) is 1. The molecule has 11 nitrogen and oxygen atoms in total. The summed E-state index contributed by atoms with van der Waals surface area (Å²) in [5.74, 6) is 0.464. The monoisotopic (exact) mass is 713 g/mol. The highest BCUT2D eigenvalue weighted by molar-refractivity contribution is 6.39. The zero-order chi connectivity index (χ0) is 35.2. The second kappa shape index (κ2) is 15.8. The molecule has 1 aliphatic rings. The van der Waals surface area contributed by atoms with Crippen LogP contribution in [0.4, 0.5) is 0 Å². The summed E-state index contributed by atoms with van der Waals surface area (Å²) in [6, 6.07) is 19.1. The number of hydrogen-bond donors (Lipinski definition) is 4. The molecule has 0 aliphatic carbocycles. The molecule has 2 aromatic carbocycles. The maximum atomic E-state index is 13.2. The Morgan fingerprint density at radius 3 is 2.38 bits per heavy atom. The van der Waals surface area contributed by atoms with Gasteiger partial charge >= 0.3 is 0 Å². The fraction of sp³-hybridized carbons (Fsp3) is 0.270. The predicted octanol–water partition coefficient (Wildman–Crippen LogP) is 5.00. The minimum atomic E-state index is -0.163. The Hall–Kier alpha value is -4.81. The number of amides is 2. The molecule has 0 bridgehead atoms. The van der Waals surface area contributed by atoms with E-state index in [1.54, 1.807) is 19.5 Å². The molecule has 5 aromatic rings. The van der Waals surface area contributed by atoms with Gasteiger partial charge in [0.05, 0.1) is 22.8 Å². The number of hydrogen-bond acceptors (Lipinski definition) is 8. The van der Waals surface area contributed by atoms with Crippen molar-refractivity contribution < 1.29 is 14.3 Å². The van der Waals surface area contributed by atoms with Crippen LogP contribution in [0.3, 0.4) is 0 Å². The van der Waals surface area contributed by atoms with Crippen LogP contribution in [-0.2, 0) is 22.7 Å². The molecule has 3 aromatic heterocycles. The summed E-state index contributed by atoms with van der Waals surface area (Å²) < 4.78 is 7.12. The summed E-state index contributed by atoms with van der Waals surface area (Å²) >= 11 is 14.1. The third-order valence-corrected chi connectivity index (χ3v) is 9.38. The van der Waals surface area contributed by atoms with Crippen LogP contribution in [0.2, 0.25) is 10.0 Å². The third-order valence-electron chi connectivity index (χ3n) is 8.57. The van der Waals surface area contributed by atoms with Gasteiger partial charge in [-0.25, -0.2) is 9.97 Å². The van der Waals surface area contributed by atoms with Gasteiger partial charge in [0.25, 0.3) is 5.56 Å². The molecule has 1 aliphatic heterocycles. The van der Waals surface area contributed by atoms with Crippen LogP contribution in [0.15, 0.2) is 77.9 Å². The van der Waals surface area contributed by atoms with E-state index in [0.717, 1.165) is 39.8 Å². The quantitative estimate of drug-likeness (QED) is 0.125. The Balaban J connectivity index is 1.22. The Morgan fingerprint density at radius 1 is 0.940 bits per heavy atom. The van der Waals surface area contributed by atoms with E-state index in [2.05, 4.69) is 26.3 Å². The first-order chi connectivity index (χ1) is 24.2. The van der Waals surface area contributed by atoms with E-state index in [1.807, 2.05) is 60.7 Å². The van der Waals surface area contributed by atoms with Gasteiger partial charge in [-0.2, -0.15) is 0 Å². The average Bonchev–Trinajstić information content (AvgIpc) is 3.53. The molecule has 0 radical (unpaired) electrons. The fourth-order valence-corrected chi connectivity index (χ4v) is 6.66. The number of nitrogens with zero attached hydrogens (tertiary/aromatic N) is 3. The highest BCUT2D eigenvalue weighted by Crippen LogP contribution is 2.42. The van der Waals surface area contributed by atoms with Crippen LogP contribution in [0.5, 0.6) is 5.88 Å². The topological polar surface area (TPSA) is 139 Å². The summed E-state index contributed by atoms with van der Waals surface area (Å²) in [4.78, 5) is 45.1. The summed E-state index contributed by atoms with van der Waals surface area (Å²) in [6.45, 7) is 4.08. The van der Waals surface area contributed by atoms with E-state index in [1.165, 1.54) is 11.3 Å². The van der Waals surface area contributed by atoms with Crippen LogP contribution in [0.1, 0.15) is 30.9 Å². The minimum Gasteiger partial charge on any atom is -0.481 e. The lowest BCUT2D eigenvalue weighted by atomic mass is 9.97. The van der Waals surface area contributed by atoms with E-state index < -0.39 is 0 Å². The van der Waals surface area contributed by atoms with E-state index in [0.29, 0.717) is 72.0 Å². The smallest absolute Gasteiger partial charge is 0.262 e. The largest absolute Gasteiger partial charge is 0.481 e. The number of methoxy groups -OCH3 is 1. The number of fused-ring (bicyclic) bond motifs is 1. The van der Waals surface area contributed by atoms with Gasteiger partial charge < -0.3 is 26.0 Å². The number of carbonyl (C=O) groups excluding carboxylic acids is 2. The van der Waals surface area contributed by atoms with Crippen LogP contribution in [0, 0.1) is 0 Å². The van der Waals surface area contributed by atoms with Crippen molar-refractivity contribution in [3.05, 3.63) is 105 Å². The van der Waals surface area contributed by atoms with Crippen molar-refractivity contribution in [2.75, 3.05) is 26.7 Å². The molecular formula is C37H37Cl2N7O4. The van der Waals surface area contributed by atoms with Crippen molar-refractivity contribution in [2.24, 2.45) is 0 Å². The maximum Gasteiger partial charge on any atom is 0.262 e. The van der Waals surface area contributed by atoms with Gasteiger partial charge in [-0.05, 0) is 30.2 Å². The molecular weight excluding hydrogens is 677 g/mol. The first-order valence-electron chi connectivity index (χ1n) is 16.3. The number of benzene rings is 2. The van der Waals surface area contributed by atoms with Crippen molar-refractivity contribution in [1.29, 1.82) is 0 Å². The Bertz CT molecular complexity index is 2120. The third kappa shape index (κ3) is 7.81. The Morgan fingerprint density at radius 2 is 1.66 bits per heavy atom. The second-order valence-corrected chi connectivity index (χ2v) is 12.8. The highest BCUT2D eigenvalue weighted by atomic mass is 35.5. The van der Waals surface area contributed by atoms with Crippen molar-refractivity contribution in [2.45, 2.75) is 38.9 Å². The Kier molecular flexibility index (Phi) is 11.1. The number of rotatable bonds is 13. The van der Waals surface area contributed by atoms with Crippen molar-refractivity contribution in [3.63, 3.8) is 0 Å². The van der Waals surface area contributed by atoms with E-state index in [4.69, 9.17) is 32.9 Å². The number of nitrogens with one attached hydrogen (secondary N) is 4. The number of carbonyl (C=O) groups is 2. The highest BCUT2D eigenvalue weighted by Gasteiger charge is 2.21. The maximum absolute atomic E-state index is 13.2. The number of aromatic nitrogens is 3. The first kappa shape index (κ1) is 35.0. The number of halogens is 2. The molecule has 0 spiro atoms. The van der Waals surface area contributed by atoms with Crippen LogP contribution < -0.4 is 31.6 Å². The summed E-state index contributed by atoms with van der Waals surface area (Å²) in [7, 11) is 1.58. The normalized spacial score (nSPS) is 14.2. The van der Waals surface area contributed by atoms with Crippen LogP contribution in [-0.4, -0.2) is 59.0 Å². The van der Waals surface area contributed by atoms with Crippen molar-refractivity contribution in [3.8, 4) is 39.4 Å². The molecule has 258 valence electrons. The molecule has 1 atom stereocenters. The fourth-order valence-electron chi connectivity index (χ4n) is 5.99.